The van der Waals surface area contributed by atoms with Crippen molar-refractivity contribution in [3.8, 4) is 6.07 Å². The molecule has 0 saturated carbocycles. The lowest BCUT2D eigenvalue weighted by atomic mass is 10.1. The monoisotopic (exact) mass is 265 g/mol. The zero-order valence-electron chi connectivity index (χ0n) is 10.9. The van der Waals surface area contributed by atoms with Gasteiger partial charge in [-0.15, -0.1) is 0 Å². The van der Waals surface area contributed by atoms with Crippen LogP contribution in [0.15, 0.2) is 54.6 Å². The molecule has 2 rings (SSSR count). The van der Waals surface area contributed by atoms with Crippen LogP contribution in [0.5, 0.6) is 0 Å². The van der Waals surface area contributed by atoms with E-state index in [0.29, 0.717) is 17.7 Å². The van der Waals surface area contributed by atoms with Crippen molar-refractivity contribution in [2.45, 2.75) is 12.5 Å². The van der Waals surface area contributed by atoms with Crippen LogP contribution in [0.25, 0.3) is 0 Å². The summed E-state index contributed by atoms with van der Waals surface area (Å²) in [6, 6.07) is 17.8. The number of carbonyl (C=O) groups excluding carboxylic acids is 1. The quantitative estimate of drug-likeness (QED) is 0.888. The lowest BCUT2D eigenvalue weighted by Crippen LogP contribution is -2.37. The molecule has 0 bridgehead atoms. The van der Waals surface area contributed by atoms with Crippen LogP contribution in [0, 0.1) is 11.3 Å². The second kappa shape index (κ2) is 6.50. The summed E-state index contributed by atoms with van der Waals surface area (Å²) in [6.07, 6.45) is 0.477. The van der Waals surface area contributed by atoms with Gasteiger partial charge in [0.25, 0.3) is 0 Å². The first kappa shape index (κ1) is 13.8. The molecule has 0 aliphatic heterocycles. The molecule has 4 nitrogen and oxygen atoms in total. The highest BCUT2D eigenvalue weighted by Gasteiger charge is 2.14. The van der Waals surface area contributed by atoms with E-state index in [1.807, 2.05) is 36.4 Å². The van der Waals surface area contributed by atoms with Crippen molar-refractivity contribution in [3.05, 3.63) is 65.7 Å². The van der Waals surface area contributed by atoms with E-state index >= 15 is 0 Å². The van der Waals surface area contributed by atoms with Crippen LogP contribution in [-0.2, 0) is 11.2 Å². The minimum atomic E-state index is -0.622. The van der Waals surface area contributed by atoms with Gasteiger partial charge in [-0.1, -0.05) is 36.4 Å². The van der Waals surface area contributed by atoms with Gasteiger partial charge in [0.05, 0.1) is 17.7 Å². The van der Waals surface area contributed by atoms with Gasteiger partial charge < -0.3 is 11.1 Å². The summed E-state index contributed by atoms with van der Waals surface area (Å²) in [6.45, 7) is 0. The van der Waals surface area contributed by atoms with Crippen LogP contribution in [-0.4, -0.2) is 11.9 Å². The summed E-state index contributed by atoms with van der Waals surface area (Å²) in [4.78, 5) is 12.0. The fourth-order valence-electron chi connectivity index (χ4n) is 1.86. The summed E-state index contributed by atoms with van der Waals surface area (Å²) in [5.41, 5.74) is 7.99. The first-order valence-corrected chi connectivity index (χ1v) is 6.29. The minimum Gasteiger partial charge on any atom is -0.325 e. The Hall–Kier alpha value is -2.64. The summed E-state index contributed by atoms with van der Waals surface area (Å²) < 4.78 is 0. The van der Waals surface area contributed by atoms with Crippen LogP contribution in [0.3, 0.4) is 0 Å². The molecule has 0 aliphatic carbocycles. The Bertz CT molecular complexity index is 632. The second-order valence-electron chi connectivity index (χ2n) is 4.48. The molecule has 2 aromatic carbocycles. The SMILES string of the molecule is N#Cc1cccc(NC(=O)[C@@H](N)Cc2ccccc2)c1. The first-order valence-electron chi connectivity index (χ1n) is 6.29. The third-order valence-electron chi connectivity index (χ3n) is 2.89. The van der Waals surface area contributed by atoms with E-state index in [4.69, 9.17) is 11.0 Å². The molecule has 0 unspecified atom stereocenters. The van der Waals surface area contributed by atoms with Gasteiger partial charge in [0.2, 0.25) is 5.91 Å². The largest absolute Gasteiger partial charge is 0.325 e. The fraction of sp³-hybridized carbons (Fsp3) is 0.125. The molecule has 4 heteroatoms. The van der Waals surface area contributed by atoms with Crippen LogP contribution in [0.4, 0.5) is 5.69 Å². The zero-order chi connectivity index (χ0) is 14.4. The lowest BCUT2D eigenvalue weighted by molar-refractivity contribution is -0.117. The maximum absolute atomic E-state index is 12.0. The molecule has 1 amide bonds. The first-order chi connectivity index (χ1) is 9.69. The van der Waals surface area contributed by atoms with Crippen molar-refractivity contribution >= 4 is 11.6 Å². The van der Waals surface area contributed by atoms with Crippen LogP contribution < -0.4 is 11.1 Å². The highest BCUT2D eigenvalue weighted by atomic mass is 16.2. The Labute approximate surface area is 117 Å². The Morgan fingerprint density at radius 2 is 1.95 bits per heavy atom. The number of benzene rings is 2. The molecule has 0 spiro atoms. The molecule has 20 heavy (non-hydrogen) atoms. The van der Waals surface area contributed by atoms with E-state index in [-0.39, 0.29) is 5.91 Å². The Morgan fingerprint density at radius 3 is 2.65 bits per heavy atom. The molecule has 0 aliphatic rings. The van der Waals surface area contributed by atoms with Crippen LogP contribution in [0.2, 0.25) is 0 Å². The molecule has 3 N–H and O–H groups in total. The standard InChI is InChI=1S/C16H15N3O/c17-11-13-7-4-8-14(9-13)19-16(20)15(18)10-12-5-2-1-3-6-12/h1-9,15H,10,18H2,(H,19,20)/t15-/m0/s1. The number of amides is 1. The minimum absolute atomic E-state index is 0.260. The summed E-state index contributed by atoms with van der Waals surface area (Å²) in [7, 11) is 0. The molecular weight excluding hydrogens is 250 g/mol. The van der Waals surface area contributed by atoms with Gasteiger partial charge >= 0.3 is 0 Å². The molecule has 100 valence electrons. The number of carbonyl (C=O) groups is 1. The van der Waals surface area contributed by atoms with Gasteiger partial charge in [-0.05, 0) is 30.2 Å². The van der Waals surface area contributed by atoms with E-state index in [1.54, 1.807) is 24.3 Å². The topological polar surface area (TPSA) is 78.9 Å². The average molecular weight is 265 g/mol. The van der Waals surface area contributed by atoms with E-state index in [2.05, 4.69) is 5.32 Å². The lowest BCUT2D eigenvalue weighted by Gasteiger charge is -2.12. The molecule has 0 saturated heterocycles. The molecular formula is C16H15N3O. The number of hydrogen-bond acceptors (Lipinski definition) is 3. The van der Waals surface area contributed by atoms with E-state index in [0.717, 1.165) is 5.56 Å². The fourth-order valence-corrected chi connectivity index (χ4v) is 1.86. The predicted molar refractivity (Wildman–Crippen MR) is 77.9 cm³/mol. The molecule has 1 atom stereocenters. The summed E-state index contributed by atoms with van der Waals surface area (Å²) in [5.74, 6) is -0.260. The van der Waals surface area contributed by atoms with Crippen LogP contribution in [0.1, 0.15) is 11.1 Å². The molecule has 0 heterocycles. The molecule has 0 fully saturated rings. The average Bonchev–Trinajstić information content (AvgIpc) is 2.48. The highest BCUT2D eigenvalue weighted by molar-refractivity contribution is 5.95. The van der Waals surface area contributed by atoms with Crippen molar-refractivity contribution in [2.75, 3.05) is 5.32 Å². The maximum atomic E-state index is 12.0. The van der Waals surface area contributed by atoms with Gasteiger partial charge in [0, 0.05) is 5.69 Å². The second-order valence-corrected chi connectivity index (χ2v) is 4.48. The van der Waals surface area contributed by atoms with E-state index < -0.39 is 6.04 Å². The number of anilines is 1. The smallest absolute Gasteiger partial charge is 0.241 e. The number of nitrogens with zero attached hydrogens (tertiary/aromatic N) is 1. The van der Waals surface area contributed by atoms with Gasteiger partial charge in [-0.2, -0.15) is 5.26 Å². The zero-order valence-corrected chi connectivity index (χ0v) is 10.9. The Balaban J connectivity index is 1.99. The van der Waals surface area contributed by atoms with Crippen molar-refractivity contribution < 1.29 is 4.79 Å². The third kappa shape index (κ3) is 3.67. The number of nitrogens with two attached hydrogens (primary N) is 1. The van der Waals surface area contributed by atoms with Crippen molar-refractivity contribution in [1.29, 1.82) is 5.26 Å². The molecule has 0 radical (unpaired) electrons. The molecule has 0 aromatic heterocycles. The van der Waals surface area contributed by atoms with Crippen molar-refractivity contribution in [2.24, 2.45) is 5.73 Å². The summed E-state index contributed by atoms with van der Waals surface area (Å²) >= 11 is 0. The van der Waals surface area contributed by atoms with Gasteiger partial charge in [0.15, 0.2) is 0 Å². The maximum Gasteiger partial charge on any atom is 0.241 e. The van der Waals surface area contributed by atoms with Crippen LogP contribution >= 0.6 is 0 Å². The number of nitriles is 1. The number of nitrogens with one attached hydrogen (secondary N) is 1. The van der Waals surface area contributed by atoms with E-state index in [1.165, 1.54) is 0 Å². The predicted octanol–water partition coefficient (Wildman–Crippen LogP) is 2.07. The van der Waals surface area contributed by atoms with E-state index in [9.17, 15) is 4.79 Å². The van der Waals surface area contributed by atoms with Gasteiger partial charge in [0.1, 0.15) is 0 Å². The van der Waals surface area contributed by atoms with Gasteiger partial charge in [-0.3, -0.25) is 4.79 Å². The Kier molecular flexibility index (Phi) is 4.48. The van der Waals surface area contributed by atoms with Crippen molar-refractivity contribution in [3.63, 3.8) is 0 Å². The number of rotatable bonds is 4. The Morgan fingerprint density at radius 1 is 1.20 bits per heavy atom. The third-order valence-corrected chi connectivity index (χ3v) is 2.89. The van der Waals surface area contributed by atoms with Crippen molar-refractivity contribution in [1.82, 2.24) is 0 Å². The highest BCUT2D eigenvalue weighted by Crippen LogP contribution is 2.10. The van der Waals surface area contributed by atoms with Gasteiger partial charge in [-0.25, -0.2) is 0 Å². The number of hydrogen-bond donors (Lipinski definition) is 2. The summed E-state index contributed by atoms with van der Waals surface area (Å²) in [5, 5.41) is 11.5. The normalized spacial score (nSPS) is 11.4. The molecule has 2 aromatic rings.